The molecule has 1 heterocycles. The second kappa shape index (κ2) is 3.73. The smallest absolute Gasteiger partial charge is 0.0658 e. The Morgan fingerprint density at radius 3 is 3.00 bits per heavy atom. The van der Waals surface area contributed by atoms with Crippen LogP contribution in [-0.2, 0) is 0 Å². The molecule has 0 saturated heterocycles. The molecule has 1 aromatic heterocycles. The Bertz CT molecular complexity index is 300. The third-order valence-electron chi connectivity index (χ3n) is 2.59. The van der Waals surface area contributed by atoms with Crippen LogP contribution in [0.2, 0.25) is 0 Å². The lowest BCUT2D eigenvalue weighted by atomic mass is 9.90. The van der Waals surface area contributed by atoms with E-state index in [2.05, 4.69) is 30.1 Å². The number of pyridine rings is 1. The van der Waals surface area contributed by atoms with Crippen LogP contribution >= 0.6 is 0 Å². The van der Waals surface area contributed by atoms with Crippen LogP contribution in [0.4, 0.5) is 0 Å². The van der Waals surface area contributed by atoms with Gasteiger partial charge in [0.1, 0.15) is 0 Å². The number of hydrogen-bond donors (Lipinski definition) is 0. The van der Waals surface area contributed by atoms with Crippen LogP contribution < -0.4 is 0 Å². The largest absolute Gasteiger partial charge is 0.257 e. The van der Waals surface area contributed by atoms with Gasteiger partial charge in [0.2, 0.25) is 0 Å². The molecule has 0 spiro atoms. The van der Waals surface area contributed by atoms with Crippen molar-refractivity contribution >= 4 is 5.57 Å². The first-order valence-electron chi connectivity index (χ1n) is 4.98. The van der Waals surface area contributed by atoms with Crippen LogP contribution in [0.1, 0.15) is 31.9 Å². The highest BCUT2D eigenvalue weighted by atomic mass is 14.7. The normalized spacial score (nSPS) is 22.5. The molecule has 2 rings (SSSR count). The number of hydrogen-bond acceptors (Lipinski definition) is 1. The van der Waals surface area contributed by atoms with E-state index in [-0.39, 0.29) is 0 Å². The first-order valence-corrected chi connectivity index (χ1v) is 4.98. The van der Waals surface area contributed by atoms with Crippen molar-refractivity contribution in [2.45, 2.75) is 26.2 Å². The Morgan fingerprint density at radius 2 is 2.31 bits per heavy atom. The molecule has 1 atom stereocenters. The van der Waals surface area contributed by atoms with Crippen LogP contribution in [0.25, 0.3) is 5.57 Å². The fourth-order valence-corrected chi connectivity index (χ4v) is 1.89. The highest BCUT2D eigenvalue weighted by Crippen LogP contribution is 2.28. The molecule has 68 valence electrons. The second-order valence-corrected chi connectivity index (χ2v) is 3.78. The number of nitrogens with zero attached hydrogens (tertiary/aromatic N) is 1. The van der Waals surface area contributed by atoms with E-state index < -0.39 is 0 Å². The molecule has 0 aromatic carbocycles. The maximum absolute atomic E-state index is 4.37. The van der Waals surface area contributed by atoms with Gasteiger partial charge in [-0.1, -0.05) is 19.1 Å². The molecule has 1 nitrogen and oxygen atoms in total. The summed E-state index contributed by atoms with van der Waals surface area (Å²) in [6, 6.07) is 6.13. The van der Waals surface area contributed by atoms with Crippen LogP contribution in [0, 0.1) is 5.92 Å². The molecule has 0 N–H and O–H groups in total. The van der Waals surface area contributed by atoms with Crippen molar-refractivity contribution in [1.29, 1.82) is 0 Å². The zero-order valence-electron chi connectivity index (χ0n) is 8.03. The molecule has 13 heavy (non-hydrogen) atoms. The van der Waals surface area contributed by atoms with Crippen LogP contribution in [0.15, 0.2) is 30.5 Å². The molecule has 0 bridgehead atoms. The van der Waals surface area contributed by atoms with E-state index in [9.17, 15) is 0 Å². The van der Waals surface area contributed by atoms with Gasteiger partial charge < -0.3 is 0 Å². The highest BCUT2D eigenvalue weighted by molar-refractivity contribution is 5.63. The Morgan fingerprint density at radius 1 is 1.38 bits per heavy atom. The predicted molar refractivity (Wildman–Crippen MR) is 55.2 cm³/mol. The quantitative estimate of drug-likeness (QED) is 0.635. The molecule has 0 unspecified atom stereocenters. The molecular weight excluding hydrogens is 158 g/mol. The first kappa shape index (κ1) is 8.49. The zero-order chi connectivity index (χ0) is 9.10. The Hall–Kier alpha value is -1.11. The van der Waals surface area contributed by atoms with Crippen LogP contribution in [-0.4, -0.2) is 4.98 Å². The van der Waals surface area contributed by atoms with E-state index in [0.29, 0.717) is 0 Å². The molecule has 1 aliphatic rings. The summed E-state index contributed by atoms with van der Waals surface area (Å²) in [7, 11) is 0. The van der Waals surface area contributed by atoms with Gasteiger partial charge in [-0.2, -0.15) is 0 Å². The van der Waals surface area contributed by atoms with Gasteiger partial charge in [0.25, 0.3) is 0 Å². The zero-order valence-corrected chi connectivity index (χ0v) is 8.03. The molecule has 1 aliphatic carbocycles. The Labute approximate surface area is 79.5 Å². The number of rotatable bonds is 1. The SMILES string of the molecule is C[C@H]1C=C(c2ccccn2)CCC1. The van der Waals surface area contributed by atoms with Crippen molar-refractivity contribution in [2.75, 3.05) is 0 Å². The summed E-state index contributed by atoms with van der Waals surface area (Å²) in [6.45, 7) is 2.28. The third-order valence-corrected chi connectivity index (χ3v) is 2.59. The summed E-state index contributed by atoms with van der Waals surface area (Å²) in [5.74, 6) is 0.728. The lowest BCUT2D eigenvalue weighted by molar-refractivity contribution is 0.592. The minimum atomic E-state index is 0.728. The van der Waals surface area contributed by atoms with Gasteiger partial charge in [0, 0.05) is 6.20 Å². The minimum Gasteiger partial charge on any atom is -0.257 e. The maximum atomic E-state index is 4.37. The lowest BCUT2D eigenvalue weighted by Gasteiger charge is -2.16. The van der Waals surface area contributed by atoms with Crippen LogP contribution in [0.3, 0.4) is 0 Å². The van der Waals surface area contributed by atoms with Gasteiger partial charge in [0.15, 0.2) is 0 Å². The minimum absolute atomic E-state index is 0.728. The van der Waals surface area contributed by atoms with Crippen molar-refractivity contribution in [3.05, 3.63) is 36.2 Å². The topological polar surface area (TPSA) is 12.9 Å². The van der Waals surface area contributed by atoms with E-state index in [0.717, 1.165) is 11.6 Å². The van der Waals surface area contributed by atoms with Crippen molar-refractivity contribution < 1.29 is 0 Å². The average Bonchev–Trinajstić information content (AvgIpc) is 2.19. The summed E-state index contributed by atoms with van der Waals surface area (Å²) in [6.07, 6.45) is 8.07. The summed E-state index contributed by atoms with van der Waals surface area (Å²) >= 11 is 0. The number of allylic oxidation sites excluding steroid dienone is 2. The summed E-state index contributed by atoms with van der Waals surface area (Å²) in [5.41, 5.74) is 2.59. The first-order chi connectivity index (χ1) is 6.36. The fraction of sp³-hybridized carbons (Fsp3) is 0.417. The van der Waals surface area contributed by atoms with E-state index >= 15 is 0 Å². The van der Waals surface area contributed by atoms with E-state index in [1.54, 1.807) is 0 Å². The van der Waals surface area contributed by atoms with Crippen molar-refractivity contribution in [2.24, 2.45) is 5.92 Å². The van der Waals surface area contributed by atoms with Crippen molar-refractivity contribution in [1.82, 2.24) is 4.98 Å². The summed E-state index contributed by atoms with van der Waals surface area (Å²) in [4.78, 5) is 4.37. The van der Waals surface area contributed by atoms with E-state index in [1.807, 2.05) is 12.3 Å². The van der Waals surface area contributed by atoms with Gasteiger partial charge in [0.05, 0.1) is 5.69 Å². The molecule has 1 aromatic rings. The fourth-order valence-electron chi connectivity index (χ4n) is 1.89. The van der Waals surface area contributed by atoms with Gasteiger partial charge in [-0.15, -0.1) is 0 Å². The monoisotopic (exact) mass is 173 g/mol. The Kier molecular flexibility index (Phi) is 2.44. The van der Waals surface area contributed by atoms with Crippen LogP contribution in [0.5, 0.6) is 0 Å². The summed E-state index contributed by atoms with van der Waals surface area (Å²) in [5, 5.41) is 0. The Balaban J connectivity index is 2.26. The molecule has 1 heteroatoms. The molecule has 0 radical (unpaired) electrons. The van der Waals surface area contributed by atoms with Gasteiger partial charge in [-0.3, -0.25) is 4.98 Å². The number of aromatic nitrogens is 1. The van der Waals surface area contributed by atoms with E-state index in [1.165, 1.54) is 24.8 Å². The molecule has 0 aliphatic heterocycles. The average molecular weight is 173 g/mol. The standard InChI is InChI=1S/C12H15N/c1-10-5-4-6-11(9-10)12-7-2-3-8-13-12/h2-3,7-10H,4-6H2,1H3/t10-/m1/s1. The van der Waals surface area contributed by atoms with Gasteiger partial charge in [-0.05, 0) is 42.9 Å². The second-order valence-electron chi connectivity index (χ2n) is 3.78. The molecular formula is C12H15N. The lowest BCUT2D eigenvalue weighted by Crippen LogP contribution is -2.01. The van der Waals surface area contributed by atoms with Crippen molar-refractivity contribution in [3.63, 3.8) is 0 Å². The molecule has 0 amide bonds. The molecule has 0 fully saturated rings. The van der Waals surface area contributed by atoms with Gasteiger partial charge in [-0.25, -0.2) is 0 Å². The van der Waals surface area contributed by atoms with E-state index in [4.69, 9.17) is 0 Å². The predicted octanol–water partition coefficient (Wildman–Crippen LogP) is 3.29. The summed E-state index contributed by atoms with van der Waals surface area (Å²) < 4.78 is 0. The third kappa shape index (κ3) is 1.97. The molecule has 0 saturated carbocycles. The highest BCUT2D eigenvalue weighted by Gasteiger charge is 2.11. The maximum Gasteiger partial charge on any atom is 0.0658 e. The van der Waals surface area contributed by atoms with Gasteiger partial charge >= 0.3 is 0 Å². The van der Waals surface area contributed by atoms with Crippen molar-refractivity contribution in [3.8, 4) is 0 Å².